The lowest BCUT2D eigenvalue weighted by Crippen LogP contribution is -2.24. The van der Waals surface area contributed by atoms with Crippen LogP contribution in [0.3, 0.4) is 0 Å². The predicted octanol–water partition coefficient (Wildman–Crippen LogP) is 6.74. The van der Waals surface area contributed by atoms with Crippen molar-refractivity contribution in [2.45, 2.75) is 25.9 Å². The van der Waals surface area contributed by atoms with E-state index in [4.69, 9.17) is 0 Å². The topological polar surface area (TPSA) is 9.23 Å². The number of hydrogen-bond donors (Lipinski definition) is 0. The molecule has 164 valence electrons. The molecule has 0 bridgehead atoms. The Morgan fingerprint density at radius 1 is 0.710 bits per heavy atom. The van der Waals surface area contributed by atoms with Crippen molar-refractivity contribution < 1.29 is 39.9 Å². The molecule has 0 aliphatic carbocycles. The van der Waals surface area contributed by atoms with Crippen molar-refractivity contribution in [3.8, 4) is 5.75 Å². The molecule has 0 heterocycles. The Morgan fingerprint density at radius 3 is 1.97 bits per heavy atom. The number of benzene rings is 3. The molecule has 9 heteroatoms. The lowest BCUT2D eigenvalue weighted by molar-refractivity contribution is -0.187. The molecule has 3 rings (SSSR count). The van der Waals surface area contributed by atoms with Crippen molar-refractivity contribution in [3.05, 3.63) is 99.6 Å². The number of rotatable bonds is 6. The monoisotopic (exact) mass is 446 g/mol. The molecular weight excluding hydrogens is 432 g/mol. The lowest BCUT2D eigenvalue weighted by atomic mass is 10.0. The first-order valence-electron chi connectivity index (χ1n) is 8.93. The minimum Gasteiger partial charge on any atom is -0.429 e. The second-order valence-electron chi connectivity index (χ2n) is 6.80. The van der Waals surface area contributed by atoms with Gasteiger partial charge in [-0.05, 0) is 60.7 Å². The Balaban J connectivity index is 1.75. The summed E-state index contributed by atoms with van der Waals surface area (Å²) in [5, 5.41) is 0. The fourth-order valence-electron chi connectivity index (χ4n) is 2.90. The normalized spacial score (nSPS) is 11.6. The highest BCUT2D eigenvalue weighted by Gasteiger charge is 2.39. The van der Waals surface area contributed by atoms with Crippen molar-refractivity contribution in [1.29, 1.82) is 0 Å². The Kier molecular flexibility index (Phi) is 6.24. The predicted molar refractivity (Wildman–Crippen MR) is 95.7 cm³/mol. The van der Waals surface area contributed by atoms with Gasteiger partial charge < -0.3 is 4.74 Å². The molecule has 0 atom stereocenters. The van der Waals surface area contributed by atoms with Gasteiger partial charge >= 0.3 is 6.11 Å². The number of aryl methyl sites for hydroxylation is 3. The molecule has 0 aliphatic rings. The first kappa shape index (κ1) is 22.6. The highest BCUT2D eigenvalue weighted by atomic mass is 19.3. The van der Waals surface area contributed by atoms with E-state index in [9.17, 15) is 35.1 Å². The van der Waals surface area contributed by atoms with Crippen LogP contribution in [0.5, 0.6) is 5.75 Å². The van der Waals surface area contributed by atoms with Crippen LogP contribution < -0.4 is 4.74 Å². The summed E-state index contributed by atoms with van der Waals surface area (Å²) in [6.45, 7) is 1.20. The molecule has 0 radical (unpaired) electrons. The molecular formula is C22H14F8O. The highest BCUT2D eigenvalue weighted by Crippen LogP contribution is 2.35. The van der Waals surface area contributed by atoms with Crippen LogP contribution in [0.25, 0.3) is 0 Å². The third-order valence-corrected chi connectivity index (χ3v) is 4.59. The van der Waals surface area contributed by atoms with Gasteiger partial charge in [-0.15, -0.1) is 0 Å². The van der Waals surface area contributed by atoms with Crippen LogP contribution in [-0.2, 0) is 19.0 Å². The summed E-state index contributed by atoms with van der Waals surface area (Å²) in [5.74, 6) is -9.24. The molecule has 3 aromatic carbocycles. The van der Waals surface area contributed by atoms with E-state index in [1.54, 1.807) is 0 Å². The lowest BCUT2D eigenvalue weighted by Gasteiger charge is -2.19. The maximum Gasteiger partial charge on any atom is 0.429 e. The second kappa shape index (κ2) is 8.56. The maximum absolute atomic E-state index is 14.3. The molecule has 0 aromatic heterocycles. The van der Waals surface area contributed by atoms with Gasteiger partial charge in [-0.2, -0.15) is 8.78 Å². The van der Waals surface area contributed by atoms with Crippen molar-refractivity contribution in [2.24, 2.45) is 0 Å². The maximum atomic E-state index is 14.3. The summed E-state index contributed by atoms with van der Waals surface area (Å²) >= 11 is 0. The molecule has 31 heavy (non-hydrogen) atoms. The fourth-order valence-corrected chi connectivity index (χ4v) is 2.90. The Bertz CT molecular complexity index is 1100. The van der Waals surface area contributed by atoms with Crippen molar-refractivity contribution in [2.75, 3.05) is 0 Å². The molecule has 0 spiro atoms. The van der Waals surface area contributed by atoms with E-state index in [-0.39, 0.29) is 29.5 Å². The molecule has 0 amide bonds. The van der Waals surface area contributed by atoms with E-state index in [0.29, 0.717) is 12.1 Å². The van der Waals surface area contributed by atoms with Crippen LogP contribution in [0, 0.1) is 41.8 Å². The highest BCUT2D eigenvalue weighted by molar-refractivity contribution is 5.33. The summed E-state index contributed by atoms with van der Waals surface area (Å²) in [5.41, 5.74) is -1.44. The average Bonchev–Trinajstić information content (AvgIpc) is 2.69. The zero-order valence-electron chi connectivity index (χ0n) is 15.9. The summed E-state index contributed by atoms with van der Waals surface area (Å²) in [4.78, 5) is 0. The summed E-state index contributed by atoms with van der Waals surface area (Å²) in [6, 6.07) is 5.86. The summed E-state index contributed by atoms with van der Waals surface area (Å²) in [7, 11) is 0. The SMILES string of the molecule is Cc1ccc(C(F)(F)Oc2ccc(CCc3cc(F)c(F)c(F)c3)c(F)c2)c(F)c1F. The molecule has 0 fully saturated rings. The first-order valence-corrected chi connectivity index (χ1v) is 8.93. The standard InChI is InChI=1S/C22H14F8O/c1-11-2-7-15(20(27)19(11)26)22(29,30)31-14-6-5-13(16(23)10-14)4-3-12-8-17(24)21(28)18(25)9-12/h2,5-10H,3-4H2,1H3. The van der Waals surface area contributed by atoms with Crippen LogP contribution >= 0.6 is 0 Å². The zero-order valence-corrected chi connectivity index (χ0v) is 15.9. The van der Waals surface area contributed by atoms with Crippen LogP contribution in [-0.4, -0.2) is 0 Å². The third kappa shape index (κ3) is 4.81. The first-order chi connectivity index (χ1) is 14.5. The third-order valence-electron chi connectivity index (χ3n) is 4.59. The Hall–Kier alpha value is -3.10. The van der Waals surface area contributed by atoms with Gasteiger partial charge in [0, 0.05) is 6.07 Å². The molecule has 0 aliphatic heterocycles. The molecule has 1 nitrogen and oxygen atoms in total. The molecule has 3 aromatic rings. The van der Waals surface area contributed by atoms with Crippen LogP contribution in [0.2, 0.25) is 0 Å². The number of ether oxygens (including phenoxy) is 1. The van der Waals surface area contributed by atoms with E-state index in [0.717, 1.165) is 30.3 Å². The largest absolute Gasteiger partial charge is 0.429 e. The average molecular weight is 446 g/mol. The van der Waals surface area contributed by atoms with Gasteiger partial charge in [0.2, 0.25) is 0 Å². The van der Waals surface area contributed by atoms with Crippen LogP contribution in [0.4, 0.5) is 35.1 Å². The Labute approximate surface area is 171 Å². The van der Waals surface area contributed by atoms with Gasteiger partial charge in [0.1, 0.15) is 17.1 Å². The number of alkyl halides is 2. The van der Waals surface area contributed by atoms with Gasteiger partial charge in [0.05, 0.1) is 0 Å². The van der Waals surface area contributed by atoms with Gasteiger partial charge in [0.25, 0.3) is 0 Å². The summed E-state index contributed by atoms with van der Waals surface area (Å²) < 4.78 is 114. The van der Waals surface area contributed by atoms with Crippen LogP contribution in [0.15, 0.2) is 42.5 Å². The van der Waals surface area contributed by atoms with E-state index in [1.807, 2.05) is 0 Å². The Morgan fingerprint density at radius 2 is 1.35 bits per heavy atom. The quantitative estimate of drug-likeness (QED) is 0.301. The zero-order chi connectivity index (χ0) is 22.9. The minimum absolute atomic E-state index is 0.00775. The van der Waals surface area contributed by atoms with E-state index in [2.05, 4.69) is 4.74 Å². The van der Waals surface area contributed by atoms with Crippen molar-refractivity contribution in [3.63, 3.8) is 0 Å². The molecule has 0 saturated carbocycles. The van der Waals surface area contributed by atoms with Crippen molar-refractivity contribution >= 4 is 0 Å². The van der Waals surface area contributed by atoms with E-state index < -0.39 is 52.3 Å². The molecule has 0 saturated heterocycles. The van der Waals surface area contributed by atoms with Gasteiger partial charge in [-0.25, -0.2) is 26.3 Å². The minimum atomic E-state index is -4.28. The summed E-state index contributed by atoms with van der Waals surface area (Å²) in [6.07, 6.45) is -4.42. The molecule has 0 unspecified atom stereocenters. The van der Waals surface area contributed by atoms with Crippen LogP contribution in [0.1, 0.15) is 22.3 Å². The van der Waals surface area contributed by atoms with Gasteiger partial charge in [-0.1, -0.05) is 12.1 Å². The van der Waals surface area contributed by atoms with E-state index >= 15 is 0 Å². The van der Waals surface area contributed by atoms with Gasteiger partial charge in [-0.3, -0.25) is 0 Å². The number of hydrogen-bond acceptors (Lipinski definition) is 1. The molecule has 0 N–H and O–H groups in total. The fraction of sp³-hybridized carbons (Fsp3) is 0.182. The van der Waals surface area contributed by atoms with Crippen molar-refractivity contribution in [1.82, 2.24) is 0 Å². The number of halogens is 8. The smallest absolute Gasteiger partial charge is 0.429 e. The second-order valence-corrected chi connectivity index (χ2v) is 6.80. The van der Waals surface area contributed by atoms with Gasteiger partial charge in [0.15, 0.2) is 29.1 Å². The van der Waals surface area contributed by atoms with E-state index in [1.165, 1.54) is 6.92 Å².